The minimum Gasteiger partial charge on any atom is -0.345 e. The molecular formula is C18H15N5O. The lowest BCUT2D eigenvalue weighted by Gasteiger charge is -2.09. The monoisotopic (exact) mass is 317 g/mol. The van der Waals surface area contributed by atoms with Gasteiger partial charge in [-0.2, -0.15) is 0 Å². The van der Waals surface area contributed by atoms with Gasteiger partial charge in [-0.3, -0.25) is 0 Å². The quantitative estimate of drug-likeness (QED) is 0.534. The van der Waals surface area contributed by atoms with E-state index >= 15 is 0 Å². The van der Waals surface area contributed by atoms with Crippen molar-refractivity contribution in [1.29, 1.82) is 0 Å². The van der Waals surface area contributed by atoms with E-state index in [1.54, 1.807) is 6.33 Å². The molecule has 4 aromatic rings. The summed E-state index contributed by atoms with van der Waals surface area (Å²) in [6, 6.07) is 16.8. The number of nitrogens with one attached hydrogen (secondary N) is 3. The van der Waals surface area contributed by atoms with Crippen LogP contribution in [0.25, 0.3) is 16.7 Å². The number of H-pyrrole nitrogens is 1. The predicted octanol–water partition coefficient (Wildman–Crippen LogP) is 4.00. The number of carbonyl (C=O) groups is 1. The Morgan fingerprint density at radius 3 is 2.46 bits per heavy atom. The van der Waals surface area contributed by atoms with Crippen LogP contribution in [0.2, 0.25) is 0 Å². The number of carbonyl (C=O) groups excluding carboxylic acids is 1. The second-order valence-corrected chi connectivity index (χ2v) is 5.35. The van der Waals surface area contributed by atoms with Crippen LogP contribution in [0.4, 0.5) is 16.2 Å². The van der Waals surface area contributed by atoms with Gasteiger partial charge >= 0.3 is 6.03 Å². The van der Waals surface area contributed by atoms with Crippen molar-refractivity contribution in [2.24, 2.45) is 0 Å². The van der Waals surface area contributed by atoms with Gasteiger partial charge in [-0.15, -0.1) is 0 Å². The maximum Gasteiger partial charge on any atom is 0.323 e. The molecule has 0 unspecified atom stereocenters. The summed E-state index contributed by atoms with van der Waals surface area (Å²) in [4.78, 5) is 19.3. The molecule has 24 heavy (non-hydrogen) atoms. The molecule has 0 spiro atoms. The summed E-state index contributed by atoms with van der Waals surface area (Å²) in [6.07, 6.45) is 5.57. The van der Waals surface area contributed by atoms with E-state index in [0.29, 0.717) is 5.69 Å². The van der Waals surface area contributed by atoms with Crippen molar-refractivity contribution in [3.8, 4) is 5.69 Å². The molecule has 0 aliphatic heterocycles. The Morgan fingerprint density at radius 2 is 1.67 bits per heavy atom. The van der Waals surface area contributed by atoms with Crippen LogP contribution in [0.3, 0.4) is 0 Å². The van der Waals surface area contributed by atoms with Crippen LogP contribution in [-0.4, -0.2) is 20.6 Å². The van der Waals surface area contributed by atoms with Gasteiger partial charge in [-0.05, 0) is 54.6 Å². The average Bonchev–Trinajstić information content (AvgIpc) is 3.26. The van der Waals surface area contributed by atoms with Crippen LogP contribution < -0.4 is 10.6 Å². The van der Waals surface area contributed by atoms with Crippen molar-refractivity contribution in [2.75, 3.05) is 10.6 Å². The topological polar surface area (TPSA) is 74.7 Å². The van der Waals surface area contributed by atoms with Gasteiger partial charge in [0.15, 0.2) is 0 Å². The zero-order chi connectivity index (χ0) is 16.4. The van der Waals surface area contributed by atoms with E-state index in [0.717, 1.165) is 22.4 Å². The molecule has 2 aromatic heterocycles. The zero-order valence-corrected chi connectivity index (χ0v) is 12.7. The standard InChI is InChI=1S/C18H15N5O/c24-18(22-14-5-8-16-17(11-14)20-12-19-16)21-13-3-6-15(7-4-13)23-9-1-2-10-23/h1-12H,(H,19,20)(H2,21,22,24). The summed E-state index contributed by atoms with van der Waals surface area (Å²) in [5, 5.41) is 5.63. The number of aromatic nitrogens is 3. The number of hydrogen-bond acceptors (Lipinski definition) is 2. The van der Waals surface area contributed by atoms with Gasteiger partial charge in [-0.25, -0.2) is 9.78 Å². The van der Waals surface area contributed by atoms with Crippen LogP contribution in [0.1, 0.15) is 0 Å². The van der Waals surface area contributed by atoms with Crippen LogP contribution in [-0.2, 0) is 0 Å². The molecule has 2 amide bonds. The highest BCUT2D eigenvalue weighted by molar-refractivity contribution is 6.00. The molecule has 6 nitrogen and oxygen atoms in total. The fourth-order valence-electron chi connectivity index (χ4n) is 2.53. The van der Waals surface area contributed by atoms with E-state index in [-0.39, 0.29) is 6.03 Å². The molecular weight excluding hydrogens is 302 g/mol. The number of urea groups is 1. The minimum absolute atomic E-state index is 0.289. The first-order valence-corrected chi connectivity index (χ1v) is 7.52. The van der Waals surface area contributed by atoms with Gasteiger partial charge in [0.05, 0.1) is 17.4 Å². The Hall–Kier alpha value is -3.54. The van der Waals surface area contributed by atoms with Crippen LogP contribution >= 0.6 is 0 Å². The molecule has 0 radical (unpaired) electrons. The molecule has 0 aliphatic carbocycles. The van der Waals surface area contributed by atoms with Crippen LogP contribution in [0, 0.1) is 0 Å². The number of hydrogen-bond donors (Lipinski definition) is 3. The number of aromatic amines is 1. The van der Waals surface area contributed by atoms with Crippen molar-refractivity contribution in [1.82, 2.24) is 14.5 Å². The Balaban J connectivity index is 1.43. The molecule has 0 aliphatic rings. The molecule has 6 heteroatoms. The smallest absolute Gasteiger partial charge is 0.323 e. The first-order chi connectivity index (χ1) is 11.8. The van der Waals surface area contributed by atoms with Crippen molar-refractivity contribution in [3.63, 3.8) is 0 Å². The first kappa shape index (κ1) is 14.1. The lowest BCUT2D eigenvalue weighted by atomic mass is 10.2. The summed E-state index contributed by atoms with van der Waals surface area (Å²) in [6.45, 7) is 0. The molecule has 118 valence electrons. The van der Waals surface area contributed by atoms with Crippen molar-refractivity contribution in [2.45, 2.75) is 0 Å². The van der Waals surface area contributed by atoms with Gasteiger partial charge in [0, 0.05) is 29.5 Å². The van der Waals surface area contributed by atoms with Gasteiger partial charge in [0.1, 0.15) is 0 Å². The molecule has 0 saturated carbocycles. The normalized spacial score (nSPS) is 10.7. The lowest BCUT2D eigenvalue weighted by Crippen LogP contribution is -2.19. The molecule has 0 fully saturated rings. The SMILES string of the molecule is O=C(Nc1ccc(-n2cccc2)cc1)Nc1ccc2nc[nH]c2c1. The van der Waals surface area contributed by atoms with Gasteiger partial charge in [0.25, 0.3) is 0 Å². The largest absolute Gasteiger partial charge is 0.345 e. The number of benzene rings is 2. The molecule has 0 atom stereocenters. The predicted molar refractivity (Wildman–Crippen MR) is 94.5 cm³/mol. The maximum absolute atomic E-state index is 12.1. The molecule has 2 aromatic carbocycles. The fraction of sp³-hybridized carbons (Fsp3) is 0. The van der Waals surface area contributed by atoms with E-state index < -0.39 is 0 Å². The lowest BCUT2D eigenvalue weighted by molar-refractivity contribution is 0.262. The average molecular weight is 317 g/mol. The third-order valence-corrected chi connectivity index (χ3v) is 3.71. The molecule has 0 bridgehead atoms. The summed E-state index contributed by atoms with van der Waals surface area (Å²) in [5.41, 5.74) is 4.21. The third kappa shape index (κ3) is 2.85. The van der Waals surface area contributed by atoms with E-state index in [9.17, 15) is 4.79 Å². The number of rotatable bonds is 3. The number of amides is 2. The second-order valence-electron chi connectivity index (χ2n) is 5.35. The maximum atomic E-state index is 12.1. The Kier molecular flexibility index (Phi) is 3.47. The molecule has 3 N–H and O–H groups in total. The van der Waals surface area contributed by atoms with Gasteiger partial charge in [-0.1, -0.05) is 0 Å². The number of nitrogens with zero attached hydrogens (tertiary/aromatic N) is 2. The highest BCUT2D eigenvalue weighted by atomic mass is 16.2. The Bertz CT molecular complexity index is 970. The summed E-state index contributed by atoms with van der Waals surface area (Å²) >= 11 is 0. The molecule has 0 saturated heterocycles. The summed E-state index contributed by atoms with van der Waals surface area (Å²) < 4.78 is 2.00. The van der Waals surface area contributed by atoms with E-state index in [4.69, 9.17) is 0 Å². The highest BCUT2D eigenvalue weighted by Gasteiger charge is 2.05. The Labute approximate surface area is 138 Å². The van der Waals surface area contributed by atoms with Crippen molar-refractivity contribution < 1.29 is 4.79 Å². The Morgan fingerprint density at radius 1 is 0.958 bits per heavy atom. The van der Waals surface area contributed by atoms with Crippen molar-refractivity contribution >= 4 is 28.4 Å². The van der Waals surface area contributed by atoms with E-state index in [1.165, 1.54) is 0 Å². The number of imidazole rings is 1. The highest BCUT2D eigenvalue weighted by Crippen LogP contribution is 2.17. The van der Waals surface area contributed by atoms with E-state index in [2.05, 4.69) is 20.6 Å². The second kappa shape index (κ2) is 5.92. The number of anilines is 2. The fourth-order valence-corrected chi connectivity index (χ4v) is 2.53. The first-order valence-electron chi connectivity index (χ1n) is 7.52. The van der Waals surface area contributed by atoms with E-state index in [1.807, 2.05) is 71.6 Å². The van der Waals surface area contributed by atoms with Gasteiger partial charge < -0.3 is 20.2 Å². The molecule has 2 heterocycles. The molecule has 4 rings (SSSR count). The van der Waals surface area contributed by atoms with Crippen molar-refractivity contribution in [3.05, 3.63) is 73.3 Å². The third-order valence-electron chi connectivity index (χ3n) is 3.71. The minimum atomic E-state index is -0.289. The van der Waals surface area contributed by atoms with Crippen LogP contribution in [0.15, 0.2) is 73.3 Å². The zero-order valence-electron chi connectivity index (χ0n) is 12.7. The summed E-state index contributed by atoms with van der Waals surface area (Å²) in [5.74, 6) is 0. The van der Waals surface area contributed by atoms with Gasteiger partial charge in [0.2, 0.25) is 0 Å². The number of fused-ring (bicyclic) bond motifs is 1. The van der Waals surface area contributed by atoms with Crippen LogP contribution in [0.5, 0.6) is 0 Å². The summed E-state index contributed by atoms with van der Waals surface area (Å²) in [7, 11) is 0.